The van der Waals surface area contributed by atoms with Crippen LogP contribution in [0.15, 0.2) is 53.4 Å². The van der Waals surface area contributed by atoms with Gasteiger partial charge in [0, 0.05) is 11.6 Å². The molecule has 0 N–H and O–H groups in total. The first-order chi connectivity index (χ1) is 12.8. The normalized spacial score (nSPS) is 14.7. The molecule has 27 heavy (non-hydrogen) atoms. The number of nitro benzene ring substituents is 1. The molecule has 1 heterocycles. The summed E-state index contributed by atoms with van der Waals surface area (Å²) in [5.41, 5.74) is 0.0516. The van der Waals surface area contributed by atoms with E-state index in [4.69, 9.17) is 4.74 Å². The zero-order chi connectivity index (χ0) is 19.6. The van der Waals surface area contributed by atoms with Gasteiger partial charge in [0.05, 0.1) is 23.5 Å². The number of carbonyl (C=O) groups is 2. The first-order valence-electron chi connectivity index (χ1n) is 7.86. The summed E-state index contributed by atoms with van der Waals surface area (Å²) < 4.78 is 30.4. The van der Waals surface area contributed by atoms with Crippen LogP contribution >= 0.6 is 0 Å². The highest BCUT2D eigenvalue weighted by molar-refractivity contribution is 7.90. The molecule has 9 nitrogen and oxygen atoms in total. The molecule has 10 heteroatoms. The van der Waals surface area contributed by atoms with Crippen LogP contribution in [0.4, 0.5) is 5.69 Å². The largest absolute Gasteiger partial charge is 0.463 e. The number of ether oxygens (including phenoxy) is 1. The summed E-state index contributed by atoms with van der Waals surface area (Å²) in [7, 11) is -3.97. The van der Waals surface area contributed by atoms with Crippen LogP contribution in [0.2, 0.25) is 0 Å². The number of carbonyl (C=O) groups excluding carboxylic acids is 2. The van der Waals surface area contributed by atoms with Crippen LogP contribution < -0.4 is 0 Å². The predicted molar refractivity (Wildman–Crippen MR) is 92.4 cm³/mol. The molecule has 1 aliphatic heterocycles. The van der Waals surface area contributed by atoms with Crippen molar-refractivity contribution >= 4 is 27.6 Å². The van der Waals surface area contributed by atoms with E-state index in [0.29, 0.717) is 4.31 Å². The van der Waals surface area contributed by atoms with Gasteiger partial charge in [-0.1, -0.05) is 30.3 Å². The number of nitrogens with zero attached hydrogens (tertiary/aromatic N) is 2. The average Bonchev–Trinajstić information content (AvgIpc) is 2.83. The van der Waals surface area contributed by atoms with Crippen molar-refractivity contribution in [2.24, 2.45) is 0 Å². The molecule has 0 aliphatic carbocycles. The van der Waals surface area contributed by atoms with Crippen LogP contribution in [0.25, 0.3) is 0 Å². The van der Waals surface area contributed by atoms with Crippen LogP contribution in [-0.4, -0.2) is 42.7 Å². The van der Waals surface area contributed by atoms with E-state index in [0.717, 1.165) is 0 Å². The fourth-order valence-corrected chi connectivity index (χ4v) is 4.29. The molecule has 0 saturated carbocycles. The van der Waals surface area contributed by atoms with E-state index in [-0.39, 0.29) is 41.3 Å². The van der Waals surface area contributed by atoms with Crippen LogP contribution in [-0.2, 0) is 26.0 Å². The fourth-order valence-electron chi connectivity index (χ4n) is 2.74. The molecular formula is C17H14N2O7S. The maximum absolute atomic E-state index is 12.4. The third kappa shape index (κ3) is 3.51. The highest BCUT2D eigenvalue weighted by Gasteiger charge is 2.40. The van der Waals surface area contributed by atoms with Gasteiger partial charge in [0.2, 0.25) is 0 Å². The second-order valence-corrected chi connectivity index (χ2v) is 7.49. The SMILES string of the molecule is O=C(Cc1ccccc1[N+](=O)[O-])OCCN1C(=O)c2ccccc2S1(=O)=O. The Labute approximate surface area is 154 Å². The van der Waals surface area contributed by atoms with Gasteiger partial charge in [0.15, 0.2) is 0 Å². The molecule has 0 atom stereocenters. The Bertz CT molecular complexity index is 1030. The van der Waals surface area contributed by atoms with E-state index in [9.17, 15) is 28.1 Å². The number of hydrogen-bond donors (Lipinski definition) is 0. The molecule has 140 valence electrons. The fraction of sp³-hybridized carbons (Fsp3) is 0.176. The lowest BCUT2D eigenvalue weighted by atomic mass is 10.1. The van der Waals surface area contributed by atoms with Crippen molar-refractivity contribution in [1.29, 1.82) is 0 Å². The van der Waals surface area contributed by atoms with E-state index in [2.05, 4.69) is 0 Å². The first kappa shape index (κ1) is 18.5. The molecular weight excluding hydrogens is 376 g/mol. The lowest BCUT2D eigenvalue weighted by molar-refractivity contribution is -0.385. The Morgan fingerprint density at radius 3 is 2.48 bits per heavy atom. The van der Waals surface area contributed by atoms with Gasteiger partial charge >= 0.3 is 5.97 Å². The molecule has 0 aromatic heterocycles. The van der Waals surface area contributed by atoms with Crippen LogP contribution in [0.5, 0.6) is 0 Å². The van der Waals surface area contributed by atoms with Crippen molar-refractivity contribution in [2.45, 2.75) is 11.3 Å². The van der Waals surface area contributed by atoms with Crippen molar-refractivity contribution in [3.63, 3.8) is 0 Å². The number of nitro groups is 1. The molecule has 0 spiro atoms. The van der Waals surface area contributed by atoms with E-state index in [1.54, 1.807) is 12.1 Å². The highest BCUT2D eigenvalue weighted by atomic mass is 32.2. The molecule has 1 aliphatic rings. The van der Waals surface area contributed by atoms with E-state index in [1.165, 1.54) is 36.4 Å². The molecule has 2 aromatic carbocycles. The number of rotatable bonds is 6. The molecule has 0 bridgehead atoms. The second kappa shape index (κ2) is 7.16. The van der Waals surface area contributed by atoms with Gasteiger partial charge in [0.1, 0.15) is 11.5 Å². The number of benzene rings is 2. The molecule has 3 rings (SSSR count). The number of sulfonamides is 1. The van der Waals surface area contributed by atoms with Gasteiger partial charge in [-0.05, 0) is 12.1 Å². The van der Waals surface area contributed by atoms with Gasteiger partial charge in [-0.2, -0.15) is 0 Å². The number of para-hydroxylation sites is 1. The van der Waals surface area contributed by atoms with Crippen molar-refractivity contribution in [3.05, 3.63) is 69.8 Å². The second-order valence-electron chi connectivity index (χ2n) is 5.66. The predicted octanol–water partition coefficient (Wildman–Crippen LogP) is 1.53. The summed E-state index contributed by atoms with van der Waals surface area (Å²) in [4.78, 5) is 34.4. The standard InChI is InChI=1S/C17H14N2O7S/c20-16(11-12-5-1-3-7-14(12)19(22)23)26-10-9-18-17(21)13-6-2-4-8-15(13)27(18,24)25/h1-8H,9-11H2. The van der Waals surface area contributed by atoms with Crippen LogP contribution in [0.1, 0.15) is 15.9 Å². The number of esters is 1. The van der Waals surface area contributed by atoms with Gasteiger partial charge in [-0.3, -0.25) is 19.7 Å². The molecule has 0 unspecified atom stereocenters. The Morgan fingerprint density at radius 1 is 1.11 bits per heavy atom. The Hall–Kier alpha value is -3.27. The molecule has 0 saturated heterocycles. The summed E-state index contributed by atoms with van der Waals surface area (Å²) in [6.45, 7) is -0.684. The van der Waals surface area contributed by atoms with E-state index < -0.39 is 26.8 Å². The average molecular weight is 390 g/mol. The zero-order valence-corrected chi connectivity index (χ0v) is 14.7. The quantitative estimate of drug-likeness (QED) is 0.416. The summed E-state index contributed by atoms with van der Waals surface area (Å²) in [5.74, 6) is -1.44. The van der Waals surface area contributed by atoms with Crippen LogP contribution in [0.3, 0.4) is 0 Å². The minimum Gasteiger partial charge on any atom is -0.463 e. The summed E-state index contributed by atoms with van der Waals surface area (Å²) in [6, 6.07) is 11.6. The molecule has 0 radical (unpaired) electrons. The first-order valence-corrected chi connectivity index (χ1v) is 9.30. The van der Waals surface area contributed by atoms with Crippen molar-refractivity contribution in [3.8, 4) is 0 Å². The van der Waals surface area contributed by atoms with E-state index in [1.807, 2.05) is 0 Å². The van der Waals surface area contributed by atoms with Gasteiger partial charge in [0.25, 0.3) is 21.6 Å². The van der Waals surface area contributed by atoms with Gasteiger partial charge in [-0.25, -0.2) is 12.7 Å². The summed E-state index contributed by atoms with van der Waals surface area (Å²) in [6.07, 6.45) is -0.335. The molecule has 2 aromatic rings. The Balaban J connectivity index is 1.62. The number of hydrogen-bond acceptors (Lipinski definition) is 7. The number of amides is 1. The topological polar surface area (TPSA) is 124 Å². The third-order valence-electron chi connectivity index (χ3n) is 3.99. The maximum atomic E-state index is 12.4. The van der Waals surface area contributed by atoms with Crippen molar-refractivity contribution in [2.75, 3.05) is 13.2 Å². The van der Waals surface area contributed by atoms with Gasteiger partial charge < -0.3 is 4.74 Å². The van der Waals surface area contributed by atoms with Crippen molar-refractivity contribution < 1.29 is 27.7 Å². The lowest BCUT2D eigenvalue weighted by Crippen LogP contribution is -2.33. The third-order valence-corrected chi connectivity index (χ3v) is 5.83. The zero-order valence-electron chi connectivity index (χ0n) is 13.9. The highest BCUT2D eigenvalue weighted by Crippen LogP contribution is 2.29. The van der Waals surface area contributed by atoms with Gasteiger partial charge in [-0.15, -0.1) is 0 Å². The summed E-state index contributed by atoms with van der Waals surface area (Å²) in [5, 5.41) is 10.9. The monoisotopic (exact) mass is 390 g/mol. The molecule has 0 fully saturated rings. The van der Waals surface area contributed by atoms with Crippen LogP contribution in [0, 0.1) is 10.1 Å². The molecule has 1 amide bonds. The minimum atomic E-state index is -3.97. The van der Waals surface area contributed by atoms with E-state index >= 15 is 0 Å². The van der Waals surface area contributed by atoms with Crippen molar-refractivity contribution in [1.82, 2.24) is 4.31 Å². The smallest absolute Gasteiger partial charge is 0.310 e. The maximum Gasteiger partial charge on any atom is 0.310 e. The minimum absolute atomic E-state index is 0.0729. The number of fused-ring (bicyclic) bond motifs is 1. The summed E-state index contributed by atoms with van der Waals surface area (Å²) >= 11 is 0. The Kier molecular flexibility index (Phi) is 4.91. The Morgan fingerprint density at radius 2 is 1.78 bits per heavy atom. The lowest BCUT2D eigenvalue weighted by Gasteiger charge is -2.15.